The van der Waals surface area contributed by atoms with Gasteiger partial charge in [0.05, 0.1) is 16.5 Å². The molecule has 0 saturated carbocycles. The van der Waals surface area contributed by atoms with E-state index in [1.165, 1.54) is 11.1 Å². The van der Waals surface area contributed by atoms with Crippen molar-refractivity contribution in [3.05, 3.63) is 63.6 Å². The maximum Gasteiger partial charge on any atom is 0.133 e. The van der Waals surface area contributed by atoms with Gasteiger partial charge in [-0.15, -0.1) is 11.6 Å². The Labute approximate surface area is 139 Å². The second kappa shape index (κ2) is 6.41. The average Bonchev–Trinajstić information content (AvgIpc) is 2.47. The van der Waals surface area contributed by atoms with Gasteiger partial charge in [-0.05, 0) is 57.6 Å². The smallest absolute Gasteiger partial charge is 0.133 e. The van der Waals surface area contributed by atoms with Crippen LogP contribution in [0.2, 0.25) is 0 Å². The zero-order chi connectivity index (χ0) is 14.8. The molecular weight excluding hydrogens is 348 g/mol. The Kier molecular flexibility index (Phi) is 4.56. The topological polar surface area (TPSA) is 9.23 Å². The van der Waals surface area contributed by atoms with Gasteiger partial charge in [0.2, 0.25) is 0 Å². The zero-order valence-electron chi connectivity index (χ0n) is 12.0. The standard InChI is InChI=1S/C18H18BrClO/c1-2-9-21-17-8-7-13(11-16(17)19)18(20)15-10-12-5-3-4-6-14(12)15/h3-8,11,15,18H,2,9-10H2,1H3. The van der Waals surface area contributed by atoms with Gasteiger partial charge in [-0.25, -0.2) is 0 Å². The summed E-state index contributed by atoms with van der Waals surface area (Å²) in [5, 5.41) is 0.0106. The van der Waals surface area contributed by atoms with Crippen LogP contribution in [0.5, 0.6) is 5.75 Å². The quantitative estimate of drug-likeness (QED) is 0.603. The third kappa shape index (κ3) is 2.97. The van der Waals surface area contributed by atoms with Gasteiger partial charge in [-0.2, -0.15) is 0 Å². The lowest BCUT2D eigenvalue weighted by molar-refractivity contribution is 0.315. The van der Waals surface area contributed by atoms with E-state index in [1.54, 1.807) is 0 Å². The van der Waals surface area contributed by atoms with Crippen molar-refractivity contribution in [3.8, 4) is 5.75 Å². The third-order valence-corrected chi connectivity index (χ3v) is 5.16. The van der Waals surface area contributed by atoms with Crippen LogP contribution in [0.1, 0.15) is 41.3 Å². The van der Waals surface area contributed by atoms with Crippen LogP contribution in [0.4, 0.5) is 0 Å². The molecule has 0 spiro atoms. The van der Waals surface area contributed by atoms with Gasteiger partial charge in [0.1, 0.15) is 5.75 Å². The molecule has 3 heteroatoms. The lowest BCUT2D eigenvalue weighted by atomic mass is 9.74. The molecule has 0 heterocycles. The van der Waals surface area contributed by atoms with E-state index >= 15 is 0 Å². The fourth-order valence-corrected chi connectivity index (χ4v) is 3.68. The predicted molar refractivity (Wildman–Crippen MR) is 91.4 cm³/mol. The molecule has 2 atom stereocenters. The summed E-state index contributed by atoms with van der Waals surface area (Å²) < 4.78 is 6.67. The van der Waals surface area contributed by atoms with Gasteiger partial charge < -0.3 is 4.74 Å². The van der Waals surface area contributed by atoms with Crippen molar-refractivity contribution >= 4 is 27.5 Å². The fraction of sp³-hybridized carbons (Fsp3) is 0.333. The van der Waals surface area contributed by atoms with Crippen molar-refractivity contribution in [2.75, 3.05) is 6.61 Å². The molecule has 1 aliphatic carbocycles. The van der Waals surface area contributed by atoms with E-state index in [-0.39, 0.29) is 5.38 Å². The Hall–Kier alpha value is -0.990. The van der Waals surface area contributed by atoms with E-state index in [2.05, 4.69) is 59.3 Å². The van der Waals surface area contributed by atoms with Crippen LogP contribution in [-0.2, 0) is 6.42 Å². The number of hydrogen-bond donors (Lipinski definition) is 0. The van der Waals surface area contributed by atoms with E-state index < -0.39 is 0 Å². The lowest BCUT2D eigenvalue weighted by Crippen LogP contribution is -2.21. The number of rotatable bonds is 5. The summed E-state index contributed by atoms with van der Waals surface area (Å²) in [6, 6.07) is 14.7. The number of benzene rings is 2. The van der Waals surface area contributed by atoms with Crippen molar-refractivity contribution in [1.82, 2.24) is 0 Å². The van der Waals surface area contributed by atoms with Crippen molar-refractivity contribution in [2.45, 2.75) is 31.1 Å². The normalized spacial score (nSPS) is 17.8. The first kappa shape index (κ1) is 14.9. The molecule has 2 aromatic rings. The SMILES string of the molecule is CCCOc1ccc(C(Cl)C2Cc3ccccc32)cc1Br. The van der Waals surface area contributed by atoms with Gasteiger partial charge in [0.15, 0.2) is 0 Å². The van der Waals surface area contributed by atoms with Gasteiger partial charge >= 0.3 is 0 Å². The highest BCUT2D eigenvalue weighted by molar-refractivity contribution is 9.10. The summed E-state index contributed by atoms with van der Waals surface area (Å²) >= 11 is 10.3. The minimum Gasteiger partial charge on any atom is -0.492 e. The molecule has 2 unspecified atom stereocenters. The molecule has 0 amide bonds. The second-order valence-electron chi connectivity index (χ2n) is 5.45. The summed E-state index contributed by atoms with van der Waals surface area (Å²) in [4.78, 5) is 0. The molecule has 0 radical (unpaired) electrons. The van der Waals surface area contributed by atoms with Crippen LogP contribution in [-0.4, -0.2) is 6.61 Å². The number of ether oxygens (including phenoxy) is 1. The number of halogens is 2. The number of fused-ring (bicyclic) bond motifs is 1. The molecule has 3 rings (SSSR count). The molecule has 0 aliphatic heterocycles. The monoisotopic (exact) mass is 364 g/mol. The minimum absolute atomic E-state index is 0.0106. The van der Waals surface area contributed by atoms with E-state index in [1.807, 2.05) is 6.07 Å². The summed E-state index contributed by atoms with van der Waals surface area (Å²) in [5.74, 6) is 1.30. The Bertz CT molecular complexity index is 641. The Morgan fingerprint density at radius 3 is 2.81 bits per heavy atom. The van der Waals surface area contributed by atoms with Crippen LogP contribution in [0.25, 0.3) is 0 Å². The molecule has 0 bridgehead atoms. The highest BCUT2D eigenvalue weighted by Gasteiger charge is 2.32. The fourth-order valence-electron chi connectivity index (χ4n) is 2.81. The molecule has 21 heavy (non-hydrogen) atoms. The predicted octanol–water partition coefficient (Wildman–Crippen LogP) is 5.86. The first-order chi connectivity index (χ1) is 10.2. The Morgan fingerprint density at radius 2 is 2.10 bits per heavy atom. The van der Waals surface area contributed by atoms with Crippen molar-refractivity contribution in [3.63, 3.8) is 0 Å². The van der Waals surface area contributed by atoms with Crippen molar-refractivity contribution in [2.24, 2.45) is 0 Å². The summed E-state index contributed by atoms with van der Waals surface area (Å²) in [5.41, 5.74) is 3.96. The molecule has 110 valence electrons. The average molecular weight is 366 g/mol. The van der Waals surface area contributed by atoms with Crippen molar-refractivity contribution in [1.29, 1.82) is 0 Å². The lowest BCUT2D eigenvalue weighted by Gasteiger charge is -2.34. The van der Waals surface area contributed by atoms with Crippen molar-refractivity contribution < 1.29 is 4.74 Å². The van der Waals surface area contributed by atoms with Gasteiger partial charge in [-0.3, -0.25) is 0 Å². The van der Waals surface area contributed by atoms with Gasteiger partial charge in [0, 0.05) is 5.92 Å². The second-order valence-corrected chi connectivity index (χ2v) is 6.77. The van der Waals surface area contributed by atoms with Gasteiger partial charge in [-0.1, -0.05) is 37.3 Å². The summed E-state index contributed by atoms with van der Waals surface area (Å²) in [6.45, 7) is 2.84. The minimum atomic E-state index is 0.0106. The molecule has 0 fully saturated rings. The largest absolute Gasteiger partial charge is 0.492 e. The summed E-state index contributed by atoms with van der Waals surface area (Å²) in [7, 11) is 0. The molecule has 1 aliphatic rings. The molecule has 1 nitrogen and oxygen atoms in total. The van der Waals surface area contributed by atoms with Crippen LogP contribution in [0, 0.1) is 0 Å². The van der Waals surface area contributed by atoms with E-state index in [0.717, 1.165) is 35.2 Å². The van der Waals surface area contributed by atoms with E-state index in [9.17, 15) is 0 Å². The van der Waals surface area contributed by atoms with E-state index in [0.29, 0.717) is 5.92 Å². The number of hydrogen-bond acceptors (Lipinski definition) is 1. The molecule has 0 saturated heterocycles. The maximum absolute atomic E-state index is 6.70. The first-order valence-corrected chi connectivity index (χ1v) is 8.57. The highest BCUT2D eigenvalue weighted by Crippen LogP contribution is 2.47. The maximum atomic E-state index is 6.70. The summed E-state index contributed by atoms with van der Waals surface area (Å²) in [6.07, 6.45) is 2.07. The molecule has 0 N–H and O–H groups in total. The van der Waals surface area contributed by atoms with E-state index in [4.69, 9.17) is 16.3 Å². The zero-order valence-corrected chi connectivity index (χ0v) is 14.3. The molecule has 2 aromatic carbocycles. The van der Waals surface area contributed by atoms with Crippen LogP contribution < -0.4 is 4.74 Å². The van der Waals surface area contributed by atoms with Gasteiger partial charge in [0.25, 0.3) is 0 Å². The highest BCUT2D eigenvalue weighted by atomic mass is 79.9. The van der Waals surface area contributed by atoms with Crippen LogP contribution >= 0.6 is 27.5 Å². The third-order valence-electron chi connectivity index (χ3n) is 3.98. The number of alkyl halides is 1. The van der Waals surface area contributed by atoms with Crippen LogP contribution in [0.15, 0.2) is 46.9 Å². The molecular formula is C18H18BrClO. The first-order valence-electron chi connectivity index (χ1n) is 7.34. The Morgan fingerprint density at radius 1 is 1.29 bits per heavy atom. The van der Waals surface area contributed by atoms with Crippen LogP contribution in [0.3, 0.4) is 0 Å². The molecule has 0 aromatic heterocycles. The Balaban J connectivity index is 1.77.